The molecular formula is C21H19Cl2N3O3S. The summed E-state index contributed by atoms with van der Waals surface area (Å²) in [5, 5.41) is 1.03. The molecule has 1 amide bonds. The lowest BCUT2D eigenvalue weighted by Gasteiger charge is -2.30. The van der Waals surface area contributed by atoms with Crippen molar-refractivity contribution < 1.29 is 14.3 Å². The standard InChI is InChI=1S/C21H19Cl2N3O3S/c22-15-3-6-18(19(23)9-15)21(12-26-8-7-25-13-26)28-10-16(29-21)11-30-17-4-1-14(2-5-17)20(24)27/h1-9,13,16H,10-12H2,(H2,24,27). The van der Waals surface area contributed by atoms with Crippen molar-refractivity contribution in [3.05, 3.63) is 82.4 Å². The Kier molecular flexibility index (Phi) is 6.36. The normalized spacial score (nSPS) is 21.1. The number of nitrogens with zero attached hydrogens (tertiary/aromatic N) is 2. The first-order valence-electron chi connectivity index (χ1n) is 9.21. The van der Waals surface area contributed by atoms with Crippen LogP contribution in [0.2, 0.25) is 10.0 Å². The number of amides is 1. The van der Waals surface area contributed by atoms with Gasteiger partial charge in [0.05, 0.1) is 30.6 Å². The fraction of sp³-hybridized carbons (Fsp3) is 0.238. The second-order valence-electron chi connectivity index (χ2n) is 6.86. The molecule has 0 radical (unpaired) electrons. The van der Waals surface area contributed by atoms with Crippen molar-refractivity contribution >= 4 is 40.9 Å². The van der Waals surface area contributed by atoms with Gasteiger partial charge in [-0.3, -0.25) is 4.79 Å². The molecule has 9 heteroatoms. The molecule has 1 aliphatic heterocycles. The molecule has 0 saturated carbocycles. The van der Waals surface area contributed by atoms with Gasteiger partial charge < -0.3 is 19.8 Å². The Morgan fingerprint density at radius 2 is 2.07 bits per heavy atom. The Labute approximate surface area is 188 Å². The summed E-state index contributed by atoms with van der Waals surface area (Å²) in [5.74, 6) is -0.806. The molecule has 1 saturated heterocycles. The molecule has 6 nitrogen and oxygen atoms in total. The third kappa shape index (κ3) is 4.66. The topological polar surface area (TPSA) is 79.4 Å². The quantitative estimate of drug-likeness (QED) is 0.526. The second kappa shape index (κ2) is 8.99. The first kappa shape index (κ1) is 21.2. The van der Waals surface area contributed by atoms with Crippen LogP contribution in [0, 0.1) is 0 Å². The average molecular weight is 464 g/mol. The molecule has 0 aliphatic carbocycles. The Hall–Kier alpha value is -2.03. The molecule has 2 aromatic carbocycles. The number of carbonyl (C=O) groups excluding carboxylic acids is 1. The zero-order valence-corrected chi connectivity index (χ0v) is 18.2. The van der Waals surface area contributed by atoms with Crippen LogP contribution < -0.4 is 5.73 Å². The van der Waals surface area contributed by atoms with Gasteiger partial charge >= 0.3 is 0 Å². The van der Waals surface area contributed by atoms with E-state index in [1.807, 2.05) is 29.0 Å². The third-order valence-electron chi connectivity index (χ3n) is 4.73. The van der Waals surface area contributed by atoms with Crippen LogP contribution >= 0.6 is 35.0 Å². The molecule has 1 aromatic heterocycles. The molecule has 1 fully saturated rings. The monoisotopic (exact) mass is 463 g/mol. The summed E-state index contributed by atoms with van der Waals surface area (Å²) in [5.41, 5.74) is 6.50. The SMILES string of the molecule is NC(=O)c1ccc(SCC2COC(Cn3ccnc3)(c3ccc(Cl)cc3Cl)O2)cc1. The molecule has 2 atom stereocenters. The summed E-state index contributed by atoms with van der Waals surface area (Å²) < 4.78 is 14.5. The van der Waals surface area contributed by atoms with Crippen LogP contribution in [0.25, 0.3) is 0 Å². The van der Waals surface area contributed by atoms with E-state index in [4.69, 9.17) is 38.4 Å². The highest BCUT2D eigenvalue weighted by atomic mass is 35.5. The van der Waals surface area contributed by atoms with Crippen LogP contribution in [-0.2, 0) is 21.8 Å². The van der Waals surface area contributed by atoms with Gasteiger partial charge in [-0.2, -0.15) is 0 Å². The molecule has 1 aliphatic rings. The van der Waals surface area contributed by atoms with Crippen LogP contribution in [0.5, 0.6) is 0 Å². The van der Waals surface area contributed by atoms with Crippen molar-refractivity contribution in [3.63, 3.8) is 0 Å². The molecule has 4 rings (SSSR count). The van der Waals surface area contributed by atoms with Gasteiger partial charge in [0.15, 0.2) is 0 Å². The largest absolute Gasteiger partial charge is 0.366 e. The zero-order chi connectivity index (χ0) is 21.1. The van der Waals surface area contributed by atoms with E-state index in [0.29, 0.717) is 34.5 Å². The van der Waals surface area contributed by atoms with E-state index in [1.165, 1.54) is 0 Å². The van der Waals surface area contributed by atoms with Gasteiger partial charge in [0.25, 0.3) is 0 Å². The number of rotatable bonds is 7. The van der Waals surface area contributed by atoms with E-state index >= 15 is 0 Å². The number of hydrogen-bond acceptors (Lipinski definition) is 5. The second-order valence-corrected chi connectivity index (χ2v) is 8.80. The Balaban J connectivity index is 1.50. The van der Waals surface area contributed by atoms with Gasteiger partial charge in [0.2, 0.25) is 11.7 Å². The van der Waals surface area contributed by atoms with E-state index in [9.17, 15) is 4.79 Å². The van der Waals surface area contributed by atoms with Crippen LogP contribution in [0.3, 0.4) is 0 Å². The predicted octanol–water partition coefficient (Wildman–Crippen LogP) is 4.35. The van der Waals surface area contributed by atoms with Gasteiger partial charge in [0.1, 0.15) is 0 Å². The maximum atomic E-state index is 11.2. The van der Waals surface area contributed by atoms with Crippen LogP contribution in [0.4, 0.5) is 0 Å². The van der Waals surface area contributed by atoms with E-state index in [2.05, 4.69) is 4.98 Å². The number of benzene rings is 2. The Morgan fingerprint density at radius 3 is 2.73 bits per heavy atom. The average Bonchev–Trinajstić information content (AvgIpc) is 3.37. The van der Waals surface area contributed by atoms with Crippen molar-refractivity contribution in [2.45, 2.75) is 23.3 Å². The summed E-state index contributed by atoms with van der Waals surface area (Å²) >= 11 is 14.2. The fourth-order valence-corrected chi connectivity index (χ4v) is 4.70. The molecule has 2 heterocycles. The van der Waals surface area contributed by atoms with Crippen molar-refractivity contribution in [3.8, 4) is 0 Å². The minimum absolute atomic E-state index is 0.152. The number of carbonyl (C=O) groups is 1. The lowest BCUT2D eigenvalue weighted by molar-refractivity contribution is -0.184. The van der Waals surface area contributed by atoms with E-state index in [-0.39, 0.29) is 6.10 Å². The summed E-state index contributed by atoms with van der Waals surface area (Å²) in [6.45, 7) is 0.822. The number of aromatic nitrogens is 2. The molecule has 3 aromatic rings. The number of imidazole rings is 1. The zero-order valence-electron chi connectivity index (χ0n) is 15.8. The Morgan fingerprint density at radius 1 is 1.27 bits per heavy atom. The van der Waals surface area contributed by atoms with E-state index in [0.717, 1.165) is 10.5 Å². The molecular weight excluding hydrogens is 445 g/mol. The fourth-order valence-electron chi connectivity index (χ4n) is 3.28. The molecule has 2 unspecified atom stereocenters. The summed E-state index contributed by atoms with van der Waals surface area (Å²) in [7, 11) is 0. The lowest BCUT2D eigenvalue weighted by Crippen LogP contribution is -2.34. The maximum Gasteiger partial charge on any atom is 0.248 e. The highest BCUT2D eigenvalue weighted by Gasteiger charge is 2.45. The van der Waals surface area contributed by atoms with E-state index < -0.39 is 11.7 Å². The van der Waals surface area contributed by atoms with Crippen LogP contribution in [0.15, 0.2) is 66.1 Å². The highest BCUT2D eigenvalue weighted by molar-refractivity contribution is 7.99. The first-order valence-corrected chi connectivity index (χ1v) is 10.9. The van der Waals surface area contributed by atoms with Gasteiger partial charge in [-0.05, 0) is 36.4 Å². The smallest absolute Gasteiger partial charge is 0.248 e. The molecule has 0 bridgehead atoms. The maximum absolute atomic E-state index is 11.2. The predicted molar refractivity (Wildman–Crippen MR) is 117 cm³/mol. The van der Waals surface area contributed by atoms with Crippen LogP contribution in [-0.4, -0.2) is 33.9 Å². The first-order chi connectivity index (χ1) is 14.4. The minimum Gasteiger partial charge on any atom is -0.366 e. The van der Waals surface area contributed by atoms with Crippen molar-refractivity contribution in [1.82, 2.24) is 9.55 Å². The summed E-state index contributed by atoms with van der Waals surface area (Å²) in [4.78, 5) is 16.3. The molecule has 30 heavy (non-hydrogen) atoms. The number of halogens is 2. The van der Waals surface area contributed by atoms with E-state index in [1.54, 1.807) is 48.6 Å². The van der Waals surface area contributed by atoms with Gasteiger partial charge in [-0.15, -0.1) is 11.8 Å². The highest BCUT2D eigenvalue weighted by Crippen LogP contribution is 2.41. The molecule has 0 spiro atoms. The van der Waals surface area contributed by atoms with Gasteiger partial charge in [0, 0.05) is 39.2 Å². The minimum atomic E-state index is -1.04. The number of thioether (sulfide) groups is 1. The summed E-state index contributed by atoms with van der Waals surface area (Å²) in [6, 6.07) is 12.5. The molecule has 2 N–H and O–H groups in total. The van der Waals surface area contributed by atoms with Gasteiger partial charge in [-0.1, -0.05) is 29.3 Å². The number of primary amides is 1. The summed E-state index contributed by atoms with van der Waals surface area (Å²) in [6.07, 6.45) is 5.11. The van der Waals surface area contributed by atoms with Gasteiger partial charge in [-0.25, -0.2) is 4.98 Å². The number of nitrogens with two attached hydrogens (primary N) is 1. The molecule has 156 valence electrons. The Bertz CT molecular complexity index is 1030. The lowest BCUT2D eigenvalue weighted by atomic mass is 10.1. The number of hydrogen-bond donors (Lipinski definition) is 1. The number of ether oxygens (including phenoxy) is 2. The van der Waals surface area contributed by atoms with Crippen molar-refractivity contribution in [2.24, 2.45) is 5.73 Å². The van der Waals surface area contributed by atoms with Crippen LogP contribution in [0.1, 0.15) is 15.9 Å². The van der Waals surface area contributed by atoms with Crippen molar-refractivity contribution in [1.29, 1.82) is 0 Å². The van der Waals surface area contributed by atoms with Crippen molar-refractivity contribution in [2.75, 3.05) is 12.4 Å². The third-order valence-corrected chi connectivity index (χ3v) is 6.42.